The first-order valence-electron chi connectivity index (χ1n) is 2.46. The van der Waals surface area contributed by atoms with Gasteiger partial charge in [-0.25, -0.2) is 9.59 Å². The number of nitrogens with one attached hydrogen (secondary N) is 1. The number of cyclic esters (lactones) is 2. The molecule has 2 heterocycles. The van der Waals surface area contributed by atoms with Crippen molar-refractivity contribution in [3.8, 4) is 0 Å². The molecule has 6 heteroatoms. The summed E-state index contributed by atoms with van der Waals surface area (Å²) in [4.78, 5) is 21.1. The predicted molar refractivity (Wildman–Crippen MR) is 26.1 cm³/mol. The maximum absolute atomic E-state index is 10.6. The highest BCUT2D eigenvalue weighted by molar-refractivity contribution is 6.12. The fourth-order valence-electron chi connectivity index (χ4n) is 0.696. The first-order valence-corrected chi connectivity index (χ1v) is 2.46. The molecule has 0 aromatic carbocycles. The van der Waals surface area contributed by atoms with Gasteiger partial charge in [-0.2, -0.15) is 5.21 Å². The molecule has 0 bridgehead atoms. The van der Waals surface area contributed by atoms with Crippen molar-refractivity contribution in [3.63, 3.8) is 0 Å². The summed E-state index contributed by atoms with van der Waals surface area (Å²) >= 11 is 0. The lowest BCUT2D eigenvalue weighted by Crippen LogP contribution is -2.00. The molecule has 2 rings (SSSR count). The van der Waals surface area contributed by atoms with Gasteiger partial charge in [-0.05, 0) is 0 Å². The van der Waals surface area contributed by atoms with Crippen molar-refractivity contribution in [1.29, 1.82) is 0 Å². The first kappa shape index (κ1) is 5.10. The lowest BCUT2D eigenvalue weighted by atomic mass is 10.4. The highest BCUT2D eigenvalue weighted by Gasteiger charge is 2.34. The van der Waals surface area contributed by atoms with E-state index in [-0.39, 0.29) is 11.4 Å². The molecular weight excluding hydrogens is 138 g/mol. The van der Waals surface area contributed by atoms with Crippen molar-refractivity contribution < 1.29 is 14.3 Å². The lowest BCUT2D eigenvalue weighted by Gasteiger charge is -1.82. The zero-order chi connectivity index (χ0) is 7.14. The molecule has 1 aliphatic heterocycles. The molecule has 1 aromatic rings. The second-order valence-electron chi connectivity index (χ2n) is 1.70. The average molecular weight is 139 g/mol. The van der Waals surface area contributed by atoms with Crippen LogP contribution in [-0.4, -0.2) is 27.3 Å². The third kappa shape index (κ3) is 0.426. The molecule has 0 atom stereocenters. The summed E-state index contributed by atoms with van der Waals surface area (Å²) in [5.74, 6) is -1.48. The highest BCUT2D eigenvalue weighted by atomic mass is 16.6. The Bertz CT molecular complexity index is 287. The second kappa shape index (κ2) is 1.41. The summed E-state index contributed by atoms with van der Waals surface area (Å²) in [5, 5.41) is 8.93. The van der Waals surface area contributed by atoms with Gasteiger partial charge in [-0.1, -0.05) is 0 Å². The van der Waals surface area contributed by atoms with E-state index < -0.39 is 11.9 Å². The van der Waals surface area contributed by atoms with Crippen LogP contribution in [0.25, 0.3) is 0 Å². The lowest BCUT2D eigenvalue weighted by molar-refractivity contribution is 0.0436. The number of carbonyl (C=O) groups excluding carboxylic acids is 2. The number of nitrogens with zero attached hydrogens (tertiary/aromatic N) is 2. The fraction of sp³-hybridized carbons (Fsp3) is 0. The Morgan fingerprint density at radius 2 is 1.60 bits per heavy atom. The van der Waals surface area contributed by atoms with Gasteiger partial charge in [0, 0.05) is 0 Å². The van der Waals surface area contributed by atoms with Gasteiger partial charge < -0.3 is 4.74 Å². The molecule has 0 saturated carbocycles. The monoisotopic (exact) mass is 139 g/mol. The minimum atomic E-state index is -0.742. The second-order valence-corrected chi connectivity index (χ2v) is 1.70. The molecule has 10 heavy (non-hydrogen) atoms. The van der Waals surface area contributed by atoms with Crippen LogP contribution >= 0.6 is 0 Å². The minimum absolute atomic E-state index is 0.0370. The predicted octanol–water partition coefficient (Wildman–Crippen LogP) is -0.885. The average Bonchev–Trinajstić information content (AvgIpc) is 2.39. The maximum Gasteiger partial charge on any atom is 0.369 e. The quantitative estimate of drug-likeness (QED) is 0.372. The number of esters is 2. The molecule has 6 nitrogen and oxygen atoms in total. The van der Waals surface area contributed by atoms with Crippen molar-refractivity contribution in [1.82, 2.24) is 15.4 Å². The molecule has 0 amide bonds. The SMILES string of the molecule is O=C1OC(=O)c2n[nH]nc21. The van der Waals surface area contributed by atoms with E-state index in [1.54, 1.807) is 0 Å². The maximum atomic E-state index is 10.6. The number of hydrogen-bond acceptors (Lipinski definition) is 5. The Kier molecular flexibility index (Phi) is 0.717. The molecule has 1 aliphatic rings. The molecule has 0 radical (unpaired) electrons. The molecular formula is C4HN3O3. The number of carbonyl (C=O) groups is 2. The van der Waals surface area contributed by atoms with Crippen molar-refractivity contribution in [2.75, 3.05) is 0 Å². The van der Waals surface area contributed by atoms with E-state index in [4.69, 9.17) is 0 Å². The van der Waals surface area contributed by atoms with Gasteiger partial charge in [0.15, 0.2) is 0 Å². The topological polar surface area (TPSA) is 84.9 Å². The number of ether oxygens (including phenoxy) is 1. The summed E-state index contributed by atoms with van der Waals surface area (Å²) in [6.45, 7) is 0. The van der Waals surface area contributed by atoms with Crippen LogP contribution in [0.4, 0.5) is 0 Å². The fourth-order valence-corrected chi connectivity index (χ4v) is 0.696. The van der Waals surface area contributed by atoms with Crippen LogP contribution in [-0.2, 0) is 4.74 Å². The Balaban J connectivity index is 2.69. The molecule has 0 saturated heterocycles. The van der Waals surface area contributed by atoms with Gasteiger partial charge in [0.1, 0.15) is 0 Å². The van der Waals surface area contributed by atoms with Crippen molar-refractivity contribution in [2.24, 2.45) is 0 Å². The smallest absolute Gasteiger partial charge is 0.369 e. The minimum Gasteiger partial charge on any atom is -0.383 e. The van der Waals surface area contributed by atoms with Gasteiger partial charge >= 0.3 is 11.9 Å². The van der Waals surface area contributed by atoms with Crippen molar-refractivity contribution in [2.45, 2.75) is 0 Å². The third-order valence-corrected chi connectivity index (χ3v) is 1.12. The van der Waals surface area contributed by atoms with Gasteiger partial charge in [0.2, 0.25) is 11.4 Å². The summed E-state index contributed by atoms with van der Waals surface area (Å²) in [7, 11) is 0. The molecule has 0 fully saturated rings. The zero-order valence-corrected chi connectivity index (χ0v) is 4.62. The van der Waals surface area contributed by atoms with E-state index in [9.17, 15) is 9.59 Å². The van der Waals surface area contributed by atoms with E-state index in [1.807, 2.05) is 0 Å². The standard InChI is InChI=1S/C4HN3O3/c8-3-1-2(4(9)10-3)6-7-5-1/h(H,5,6,7). The number of rotatable bonds is 0. The van der Waals surface area contributed by atoms with Crippen LogP contribution in [0.3, 0.4) is 0 Å². The number of hydrogen-bond donors (Lipinski definition) is 1. The van der Waals surface area contributed by atoms with E-state index >= 15 is 0 Å². The molecule has 0 spiro atoms. The van der Waals surface area contributed by atoms with E-state index in [1.165, 1.54) is 0 Å². The molecule has 0 aliphatic carbocycles. The molecule has 0 unspecified atom stereocenters. The Morgan fingerprint density at radius 1 is 1.10 bits per heavy atom. The highest BCUT2D eigenvalue weighted by Crippen LogP contribution is 2.12. The van der Waals surface area contributed by atoms with E-state index in [0.29, 0.717) is 0 Å². The van der Waals surface area contributed by atoms with Crippen LogP contribution in [0.1, 0.15) is 21.0 Å². The number of aromatic amines is 1. The molecule has 1 aromatic heterocycles. The first-order chi connectivity index (χ1) is 4.79. The van der Waals surface area contributed by atoms with Crippen LogP contribution in [0.5, 0.6) is 0 Å². The van der Waals surface area contributed by atoms with E-state index in [2.05, 4.69) is 20.1 Å². The summed E-state index contributed by atoms with van der Waals surface area (Å²) in [6, 6.07) is 0. The molecule has 50 valence electrons. The Labute approximate surface area is 54.2 Å². The van der Waals surface area contributed by atoms with Crippen LogP contribution in [0, 0.1) is 0 Å². The van der Waals surface area contributed by atoms with E-state index in [0.717, 1.165) is 0 Å². The Hall–Kier alpha value is -1.72. The van der Waals surface area contributed by atoms with Gasteiger partial charge in [0.05, 0.1) is 0 Å². The van der Waals surface area contributed by atoms with Gasteiger partial charge in [0.25, 0.3) is 0 Å². The number of H-pyrrole nitrogens is 1. The van der Waals surface area contributed by atoms with Crippen LogP contribution in [0.15, 0.2) is 0 Å². The van der Waals surface area contributed by atoms with Crippen LogP contribution < -0.4 is 0 Å². The van der Waals surface area contributed by atoms with Crippen LogP contribution in [0.2, 0.25) is 0 Å². The largest absolute Gasteiger partial charge is 0.383 e. The number of fused-ring (bicyclic) bond motifs is 1. The van der Waals surface area contributed by atoms with Crippen molar-refractivity contribution >= 4 is 11.9 Å². The third-order valence-electron chi connectivity index (χ3n) is 1.12. The van der Waals surface area contributed by atoms with Crippen molar-refractivity contribution in [3.05, 3.63) is 11.4 Å². The Morgan fingerprint density at radius 3 is 2.10 bits per heavy atom. The zero-order valence-electron chi connectivity index (χ0n) is 4.62. The normalized spacial score (nSPS) is 15.2. The van der Waals surface area contributed by atoms with Gasteiger partial charge in [-0.3, -0.25) is 0 Å². The summed E-state index contributed by atoms with van der Waals surface area (Å²) in [6.07, 6.45) is 0. The molecule has 1 N–H and O–H groups in total. The van der Waals surface area contributed by atoms with Gasteiger partial charge in [-0.15, -0.1) is 10.2 Å². The summed E-state index contributed by atoms with van der Waals surface area (Å²) < 4.78 is 4.15. The summed E-state index contributed by atoms with van der Waals surface area (Å²) in [5.41, 5.74) is -0.0741. The number of aromatic nitrogens is 3.